The predicted molar refractivity (Wildman–Crippen MR) is 119 cm³/mol. The average Bonchev–Trinajstić information content (AvgIpc) is 3.29. The molecule has 1 fully saturated rings. The van der Waals surface area contributed by atoms with Gasteiger partial charge in [0.15, 0.2) is 8.32 Å². The van der Waals surface area contributed by atoms with Crippen LogP contribution < -0.4 is 5.32 Å². The van der Waals surface area contributed by atoms with Crippen molar-refractivity contribution in [2.45, 2.75) is 68.8 Å². The first-order valence-corrected chi connectivity index (χ1v) is 14.9. The smallest absolute Gasteiger partial charge is 0.403 e. The molecule has 0 spiro atoms. The van der Waals surface area contributed by atoms with Crippen LogP contribution in [0.2, 0.25) is 19.6 Å². The Bertz CT molecular complexity index is 1110. The normalized spacial score (nSPS) is 18.1. The van der Waals surface area contributed by atoms with Gasteiger partial charge in [0.1, 0.15) is 5.60 Å². The van der Waals surface area contributed by atoms with Crippen molar-refractivity contribution in [3.8, 4) is 0 Å². The van der Waals surface area contributed by atoms with Crippen molar-refractivity contribution in [1.29, 1.82) is 0 Å². The zero-order valence-electron chi connectivity index (χ0n) is 20.6. The molecule has 1 N–H and O–H groups in total. The van der Waals surface area contributed by atoms with Crippen molar-refractivity contribution in [2.24, 2.45) is 0 Å². The lowest BCUT2D eigenvalue weighted by molar-refractivity contribution is -0.146. The minimum absolute atomic E-state index is 0.0299. The molecule has 2 aromatic rings. The molecule has 218 valence electrons. The van der Waals surface area contributed by atoms with Crippen molar-refractivity contribution in [1.82, 2.24) is 5.32 Å². The van der Waals surface area contributed by atoms with E-state index in [2.05, 4.69) is 5.32 Å². The Morgan fingerprint density at radius 2 is 1.05 bits per heavy atom. The lowest BCUT2D eigenvalue weighted by atomic mass is 9.74. The molecule has 0 radical (unpaired) electrons. The maximum Gasteiger partial charge on any atom is 0.416 e. The molecule has 39 heavy (non-hydrogen) atoms. The number of halogens is 12. The van der Waals surface area contributed by atoms with E-state index in [9.17, 15) is 52.7 Å². The van der Waals surface area contributed by atoms with Crippen LogP contribution in [-0.2, 0) is 34.7 Å². The van der Waals surface area contributed by atoms with E-state index in [1.807, 2.05) is 0 Å². The van der Waals surface area contributed by atoms with Gasteiger partial charge in [-0.1, -0.05) is 0 Å². The molecule has 15 heteroatoms. The number of hydrogen-bond acceptors (Lipinski definition) is 2. The molecule has 0 unspecified atom stereocenters. The van der Waals surface area contributed by atoms with Crippen LogP contribution >= 0.6 is 0 Å². The highest BCUT2D eigenvalue weighted by Gasteiger charge is 2.55. The van der Waals surface area contributed by atoms with Gasteiger partial charge in [0.2, 0.25) is 0 Å². The Kier molecular flexibility index (Phi) is 8.00. The number of nitrogens with one attached hydrogen (secondary N) is 1. The van der Waals surface area contributed by atoms with E-state index in [0.717, 1.165) is 0 Å². The van der Waals surface area contributed by atoms with Crippen LogP contribution in [-0.4, -0.2) is 20.9 Å². The molecule has 0 bridgehead atoms. The highest BCUT2D eigenvalue weighted by atomic mass is 28.4. The molecular weight excluding hydrogens is 574 g/mol. The summed E-state index contributed by atoms with van der Waals surface area (Å²) in [5, 5.41) is 2.69. The predicted octanol–water partition coefficient (Wildman–Crippen LogP) is 8.61. The van der Waals surface area contributed by atoms with Crippen LogP contribution in [0.15, 0.2) is 36.4 Å². The molecule has 2 nitrogen and oxygen atoms in total. The van der Waals surface area contributed by atoms with E-state index in [1.165, 1.54) is 19.6 Å². The first kappa shape index (κ1) is 31.3. The van der Waals surface area contributed by atoms with E-state index in [4.69, 9.17) is 4.43 Å². The number of alkyl halides is 12. The average molecular weight is 598 g/mol. The third kappa shape index (κ3) is 6.56. The quantitative estimate of drug-likeness (QED) is 0.275. The minimum atomic E-state index is -5.40. The van der Waals surface area contributed by atoms with Crippen LogP contribution in [0.4, 0.5) is 52.7 Å². The van der Waals surface area contributed by atoms with Crippen molar-refractivity contribution in [3.63, 3.8) is 0 Å². The van der Waals surface area contributed by atoms with Gasteiger partial charge >= 0.3 is 24.7 Å². The lowest BCUT2D eigenvalue weighted by Gasteiger charge is -2.46. The van der Waals surface area contributed by atoms with Gasteiger partial charge in [0, 0.05) is 17.2 Å². The second-order valence-electron chi connectivity index (χ2n) is 10.1. The van der Waals surface area contributed by atoms with Crippen molar-refractivity contribution >= 4 is 8.32 Å². The van der Waals surface area contributed by atoms with E-state index in [0.29, 0.717) is 0 Å². The monoisotopic (exact) mass is 597 g/mol. The molecule has 1 heterocycles. The van der Waals surface area contributed by atoms with Gasteiger partial charge in [-0.05, 0) is 75.4 Å². The lowest BCUT2D eigenvalue weighted by Crippen LogP contribution is -2.54. The minimum Gasteiger partial charge on any atom is -0.403 e. The molecule has 1 saturated heterocycles. The largest absolute Gasteiger partial charge is 0.416 e. The molecule has 1 atom stereocenters. The Hall–Kier alpha value is -2.26. The topological polar surface area (TPSA) is 21.3 Å². The van der Waals surface area contributed by atoms with Crippen LogP contribution in [0.1, 0.15) is 46.2 Å². The first-order chi connectivity index (χ1) is 17.5. The van der Waals surface area contributed by atoms with Crippen molar-refractivity contribution in [2.75, 3.05) is 6.54 Å². The summed E-state index contributed by atoms with van der Waals surface area (Å²) in [6, 6.07) is -1.10. The fraction of sp³-hybridized carbons (Fsp3) is 0.500. The fourth-order valence-electron chi connectivity index (χ4n) is 4.77. The summed E-state index contributed by atoms with van der Waals surface area (Å²) in [7, 11) is -3.35. The SMILES string of the molecule is C[Si](C)(C)OC(c1cc(C(F)(F)F)ccc1C(F)(F)F)(c1cc(C(F)(F)F)ccc1C(F)(F)F)[C@@H]1CCCN1. The number of benzene rings is 2. The van der Waals surface area contributed by atoms with E-state index < -0.39 is 78.0 Å². The Labute approximate surface area is 216 Å². The van der Waals surface area contributed by atoms with E-state index >= 15 is 0 Å². The van der Waals surface area contributed by atoms with Gasteiger partial charge in [-0.25, -0.2) is 0 Å². The first-order valence-electron chi connectivity index (χ1n) is 11.5. The summed E-state index contributed by atoms with van der Waals surface area (Å²) in [5.41, 5.74) is -12.5. The molecule has 0 aliphatic carbocycles. The molecule has 0 aromatic heterocycles. The zero-order valence-corrected chi connectivity index (χ0v) is 21.6. The van der Waals surface area contributed by atoms with Gasteiger partial charge < -0.3 is 9.74 Å². The van der Waals surface area contributed by atoms with Gasteiger partial charge in [-0.15, -0.1) is 0 Å². The van der Waals surface area contributed by atoms with Gasteiger partial charge in [-0.3, -0.25) is 0 Å². The molecule has 3 rings (SSSR count). The molecule has 0 amide bonds. The third-order valence-electron chi connectivity index (χ3n) is 6.12. The maximum absolute atomic E-state index is 14.3. The summed E-state index contributed by atoms with van der Waals surface area (Å²) in [4.78, 5) is 0. The molecular formula is C24H23F12NOSi. The third-order valence-corrected chi connectivity index (χ3v) is 7.06. The summed E-state index contributed by atoms with van der Waals surface area (Å²) in [6.07, 6.45) is -21.3. The zero-order chi connectivity index (χ0) is 29.8. The van der Waals surface area contributed by atoms with Gasteiger partial charge in [0.05, 0.1) is 22.3 Å². The summed E-state index contributed by atoms with van der Waals surface area (Å²) >= 11 is 0. The fourth-order valence-corrected chi connectivity index (χ4v) is 6.09. The van der Waals surface area contributed by atoms with Gasteiger partial charge in [0.25, 0.3) is 0 Å². The van der Waals surface area contributed by atoms with Crippen molar-refractivity contribution < 1.29 is 57.1 Å². The van der Waals surface area contributed by atoms with Crippen LogP contribution in [0.3, 0.4) is 0 Å². The van der Waals surface area contributed by atoms with E-state index in [1.54, 1.807) is 0 Å². The molecule has 0 saturated carbocycles. The van der Waals surface area contributed by atoms with Crippen LogP contribution in [0.25, 0.3) is 0 Å². The standard InChI is InChI=1S/C24H23F12NOSi/c1-39(2,3)38-20(19-5-4-10-37-19,17-11-13(21(25,26)27)6-8-15(17)23(31,32)33)18-12-14(22(28,29)30)7-9-16(18)24(34,35)36/h6-9,11-12,19,37H,4-5,10H2,1-3H3/t19-/m0/s1. The second kappa shape index (κ2) is 9.98. The van der Waals surface area contributed by atoms with Crippen LogP contribution in [0, 0.1) is 0 Å². The Morgan fingerprint density at radius 3 is 1.33 bits per heavy atom. The van der Waals surface area contributed by atoms with E-state index in [-0.39, 0.29) is 55.8 Å². The maximum atomic E-state index is 14.3. The number of rotatable bonds is 5. The van der Waals surface area contributed by atoms with Crippen LogP contribution in [0.5, 0.6) is 0 Å². The molecule has 1 aliphatic heterocycles. The Balaban J connectivity index is 2.66. The summed E-state index contributed by atoms with van der Waals surface area (Å²) in [6.45, 7) is 4.11. The van der Waals surface area contributed by atoms with Crippen molar-refractivity contribution in [3.05, 3.63) is 69.8 Å². The van der Waals surface area contributed by atoms with Gasteiger partial charge in [-0.2, -0.15) is 52.7 Å². The second-order valence-corrected chi connectivity index (χ2v) is 14.5. The molecule has 1 aliphatic rings. The summed E-state index contributed by atoms with van der Waals surface area (Å²) < 4.78 is 174. The Morgan fingerprint density at radius 1 is 0.641 bits per heavy atom. The highest BCUT2D eigenvalue weighted by molar-refractivity contribution is 6.69. The highest BCUT2D eigenvalue weighted by Crippen LogP contribution is 2.52. The number of hydrogen-bond donors (Lipinski definition) is 1. The molecule has 2 aromatic carbocycles. The summed E-state index contributed by atoms with van der Waals surface area (Å²) in [5.74, 6) is 0.